The van der Waals surface area contributed by atoms with Gasteiger partial charge in [-0.25, -0.2) is 9.78 Å². The number of carbonyl (C=O) groups excluding carboxylic acids is 1. The second-order valence-corrected chi connectivity index (χ2v) is 3.73. The molecule has 5 heteroatoms. The number of benzene rings is 1. The molecule has 1 aromatic carbocycles. The fraction of sp³-hybridized carbons (Fsp3) is 0.273. The van der Waals surface area contributed by atoms with Crippen molar-refractivity contribution in [3.05, 3.63) is 29.0 Å². The minimum atomic E-state index is -0.433. The third kappa shape index (κ3) is 1.65. The van der Waals surface area contributed by atoms with E-state index in [0.717, 1.165) is 5.52 Å². The molecule has 0 unspecified atom stereocenters. The molecule has 0 spiro atoms. The van der Waals surface area contributed by atoms with Crippen LogP contribution in [0.1, 0.15) is 17.5 Å². The van der Waals surface area contributed by atoms with Crippen molar-refractivity contribution in [1.82, 2.24) is 9.55 Å². The van der Waals surface area contributed by atoms with Crippen LogP contribution in [0.15, 0.2) is 18.2 Å². The van der Waals surface area contributed by atoms with Crippen molar-refractivity contribution in [2.45, 2.75) is 6.92 Å². The van der Waals surface area contributed by atoms with Gasteiger partial charge in [0.05, 0.1) is 22.7 Å². The number of halogens is 1. The Morgan fingerprint density at radius 2 is 2.31 bits per heavy atom. The van der Waals surface area contributed by atoms with Crippen molar-refractivity contribution in [3.8, 4) is 0 Å². The minimum Gasteiger partial charge on any atom is -0.460 e. The first kappa shape index (κ1) is 11.0. The smallest absolute Gasteiger partial charge is 0.374 e. The molecule has 0 aliphatic rings. The van der Waals surface area contributed by atoms with Crippen LogP contribution in [0.2, 0.25) is 5.02 Å². The second kappa shape index (κ2) is 4.14. The predicted molar refractivity (Wildman–Crippen MR) is 61.7 cm³/mol. The Balaban J connectivity index is 2.61. The second-order valence-electron chi connectivity index (χ2n) is 3.32. The highest BCUT2D eigenvalue weighted by molar-refractivity contribution is 6.35. The van der Waals surface area contributed by atoms with E-state index in [1.807, 2.05) is 6.07 Å². The number of hydrogen-bond donors (Lipinski definition) is 0. The van der Waals surface area contributed by atoms with E-state index in [4.69, 9.17) is 16.3 Å². The van der Waals surface area contributed by atoms with Crippen molar-refractivity contribution in [2.24, 2.45) is 7.05 Å². The van der Waals surface area contributed by atoms with Crippen molar-refractivity contribution < 1.29 is 9.53 Å². The number of aromatic nitrogens is 2. The fourth-order valence-electron chi connectivity index (χ4n) is 1.60. The van der Waals surface area contributed by atoms with Crippen LogP contribution in [0.5, 0.6) is 0 Å². The van der Waals surface area contributed by atoms with E-state index in [1.54, 1.807) is 30.7 Å². The number of carbonyl (C=O) groups is 1. The lowest BCUT2D eigenvalue weighted by atomic mass is 10.3. The summed E-state index contributed by atoms with van der Waals surface area (Å²) in [5.41, 5.74) is 1.44. The third-order valence-electron chi connectivity index (χ3n) is 2.30. The summed E-state index contributed by atoms with van der Waals surface area (Å²) >= 11 is 6.04. The number of para-hydroxylation sites is 1. The first-order valence-corrected chi connectivity index (χ1v) is 5.31. The zero-order valence-corrected chi connectivity index (χ0v) is 9.78. The molecule has 4 nitrogen and oxygen atoms in total. The third-order valence-corrected chi connectivity index (χ3v) is 2.61. The van der Waals surface area contributed by atoms with Crippen LogP contribution in [0, 0.1) is 0 Å². The molecule has 0 radical (unpaired) electrons. The van der Waals surface area contributed by atoms with Gasteiger partial charge in [-0.15, -0.1) is 0 Å². The molecule has 1 aromatic heterocycles. The van der Waals surface area contributed by atoms with E-state index >= 15 is 0 Å². The van der Waals surface area contributed by atoms with E-state index in [9.17, 15) is 4.79 Å². The first-order valence-electron chi connectivity index (χ1n) is 4.93. The van der Waals surface area contributed by atoms with Crippen LogP contribution in [0.4, 0.5) is 0 Å². The Morgan fingerprint density at radius 1 is 1.56 bits per heavy atom. The summed E-state index contributed by atoms with van der Waals surface area (Å²) < 4.78 is 6.56. The Bertz CT molecular complexity index is 548. The van der Waals surface area contributed by atoms with E-state index in [-0.39, 0.29) is 5.82 Å². The average molecular weight is 239 g/mol. The van der Waals surface area contributed by atoms with Crippen molar-refractivity contribution in [1.29, 1.82) is 0 Å². The molecule has 0 saturated heterocycles. The average Bonchev–Trinajstić information content (AvgIpc) is 2.58. The van der Waals surface area contributed by atoms with Crippen molar-refractivity contribution >= 4 is 28.6 Å². The summed E-state index contributed by atoms with van der Waals surface area (Å²) in [7, 11) is 1.74. The SMILES string of the molecule is CCOC(=O)c1nc2cccc(Cl)c2n1C. The molecule has 0 aliphatic carbocycles. The molecule has 2 rings (SSSR count). The zero-order valence-electron chi connectivity index (χ0n) is 9.03. The number of ether oxygens (including phenoxy) is 1. The van der Waals surface area contributed by atoms with Gasteiger partial charge in [-0.3, -0.25) is 0 Å². The summed E-state index contributed by atoms with van der Waals surface area (Å²) in [6, 6.07) is 5.37. The molecule has 0 amide bonds. The maximum atomic E-state index is 11.6. The maximum absolute atomic E-state index is 11.6. The molecule has 84 valence electrons. The number of imidazole rings is 1. The summed E-state index contributed by atoms with van der Waals surface area (Å²) in [6.07, 6.45) is 0. The lowest BCUT2D eigenvalue weighted by molar-refractivity contribution is 0.0508. The van der Waals surface area contributed by atoms with E-state index in [1.165, 1.54) is 0 Å². The van der Waals surface area contributed by atoms with Gasteiger partial charge in [0.25, 0.3) is 0 Å². The fourth-order valence-corrected chi connectivity index (χ4v) is 1.90. The van der Waals surface area contributed by atoms with Crippen LogP contribution < -0.4 is 0 Å². The van der Waals surface area contributed by atoms with Gasteiger partial charge < -0.3 is 9.30 Å². The van der Waals surface area contributed by atoms with Crippen LogP contribution in [0.25, 0.3) is 11.0 Å². The molecule has 0 fully saturated rings. The summed E-state index contributed by atoms with van der Waals surface area (Å²) in [6.45, 7) is 2.09. The monoisotopic (exact) mass is 238 g/mol. The Hall–Kier alpha value is -1.55. The van der Waals surface area contributed by atoms with E-state index in [0.29, 0.717) is 17.1 Å². The molecule has 16 heavy (non-hydrogen) atoms. The van der Waals surface area contributed by atoms with Gasteiger partial charge in [-0.1, -0.05) is 17.7 Å². The van der Waals surface area contributed by atoms with Gasteiger partial charge in [0, 0.05) is 7.05 Å². The summed E-state index contributed by atoms with van der Waals surface area (Å²) in [5.74, 6) is -0.165. The maximum Gasteiger partial charge on any atom is 0.374 e. The molecule has 0 bridgehead atoms. The number of aryl methyl sites for hydroxylation is 1. The molecular weight excluding hydrogens is 228 g/mol. The number of esters is 1. The van der Waals surface area contributed by atoms with Gasteiger partial charge in [0.2, 0.25) is 5.82 Å². The van der Waals surface area contributed by atoms with Crippen molar-refractivity contribution in [2.75, 3.05) is 6.61 Å². The van der Waals surface area contributed by atoms with E-state index < -0.39 is 5.97 Å². The number of nitrogens with zero attached hydrogens (tertiary/aromatic N) is 2. The van der Waals surface area contributed by atoms with Gasteiger partial charge in [0.15, 0.2) is 0 Å². The topological polar surface area (TPSA) is 44.1 Å². The van der Waals surface area contributed by atoms with Crippen LogP contribution in [-0.4, -0.2) is 22.1 Å². The van der Waals surface area contributed by atoms with Gasteiger partial charge in [-0.05, 0) is 19.1 Å². The largest absolute Gasteiger partial charge is 0.460 e. The normalized spacial score (nSPS) is 10.7. The quantitative estimate of drug-likeness (QED) is 0.755. The standard InChI is InChI=1S/C11H11ClN2O2/c1-3-16-11(15)10-13-8-6-4-5-7(12)9(8)14(10)2/h4-6H,3H2,1-2H3. The number of hydrogen-bond acceptors (Lipinski definition) is 3. The first-order chi connectivity index (χ1) is 7.65. The number of fused-ring (bicyclic) bond motifs is 1. The van der Waals surface area contributed by atoms with Crippen LogP contribution >= 0.6 is 11.6 Å². The minimum absolute atomic E-state index is 0.268. The van der Waals surface area contributed by atoms with E-state index in [2.05, 4.69) is 4.98 Å². The highest BCUT2D eigenvalue weighted by Crippen LogP contribution is 2.23. The number of rotatable bonds is 2. The molecule has 0 N–H and O–H groups in total. The Labute approximate surface area is 97.8 Å². The molecule has 0 saturated carbocycles. The zero-order chi connectivity index (χ0) is 11.7. The highest BCUT2D eigenvalue weighted by atomic mass is 35.5. The van der Waals surface area contributed by atoms with Crippen molar-refractivity contribution in [3.63, 3.8) is 0 Å². The van der Waals surface area contributed by atoms with Crippen LogP contribution in [-0.2, 0) is 11.8 Å². The van der Waals surface area contributed by atoms with Crippen LogP contribution in [0.3, 0.4) is 0 Å². The molecular formula is C11H11ClN2O2. The van der Waals surface area contributed by atoms with Gasteiger partial charge >= 0.3 is 5.97 Å². The predicted octanol–water partition coefficient (Wildman–Crippen LogP) is 2.40. The molecule has 2 aromatic rings. The lowest BCUT2D eigenvalue weighted by Gasteiger charge is -2.02. The lowest BCUT2D eigenvalue weighted by Crippen LogP contribution is -2.11. The Kier molecular flexibility index (Phi) is 2.83. The highest BCUT2D eigenvalue weighted by Gasteiger charge is 2.17. The van der Waals surface area contributed by atoms with Gasteiger partial charge in [0.1, 0.15) is 0 Å². The molecule has 0 aliphatic heterocycles. The summed E-state index contributed by atoms with van der Waals surface area (Å²) in [5, 5.41) is 0.572. The summed E-state index contributed by atoms with van der Waals surface area (Å²) in [4.78, 5) is 15.8. The molecule has 0 atom stereocenters. The van der Waals surface area contributed by atoms with Gasteiger partial charge in [-0.2, -0.15) is 0 Å². The Morgan fingerprint density at radius 3 is 2.94 bits per heavy atom. The molecule has 1 heterocycles.